The van der Waals surface area contributed by atoms with Crippen LogP contribution in [0.2, 0.25) is 0 Å². The van der Waals surface area contributed by atoms with Crippen LogP contribution in [0, 0.1) is 6.92 Å². The van der Waals surface area contributed by atoms with Gasteiger partial charge in [0.2, 0.25) is 0 Å². The molecule has 0 radical (unpaired) electrons. The van der Waals surface area contributed by atoms with E-state index in [-0.39, 0.29) is 5.91 Å². The van der Waals surface area contributed by atoms with Crippen LogP contribution in [-0.2, 0) is 4.74 Å². The van der Waals surface area contributed by atoms with E-state index in [2.05, 4.69) is 34.5 Å². The molecule has 0 aliphatic carbocycles. The normalized spacial score (nSPS) is 14.3. The molecule has 1 aromatic heterocycles. The van der Waals surface area contributed by atoms with E-state index >= 15 is 0 Å². The van der Waals surface area contributed by atoms with Crippen molar-refractivity contribution in [2.45, 2.75) is 6.92 Å². The zero-order valence-electron chi connectivity index (χ0n) is 16.4. The van der Waals surface area contributed by atoms with E-state index in [4.69, 9.17) is 4.74 Å². The number of aromatic nitrogens is 1. The molecule has 29 heavy (non-hydrogen) atoms. The number of benzene rings is 2. The average molecular weight is 388 g/mol. The van der Waals surface area contributed by atoms with Gasteiger partial charge in [-0.2, -0.15) is 5.10 Å². The number of ether oxygens (including phenoxy) is 1. The van der Waals surface area contributed by atoms with E-state index in [0.29, 0.717) is 5.56 Å². The molecule has 0 bridgehead atoms. The Morgan fingerprint density at radius 1 is 1.07 bits per heavy atom. The minimum atomic E-state index is -0.242. The third-order valence-corrected chi connectivity index (χ3v) is 5.03. The summed E-state index contributed by atoms with van der Waals surface area (Å²) in [6.07, 6.45) is 5.51. The molecule has 1 N–H and O–H groups in total. The fourth-order valence-corrected chi connectivity index (χ4v) is 3.43. The Kier molecular flexibility index (Phi) is 5.72. The number of hydrogen-bond donors (Lipinski definition) is 1. The van der Waals surface area contributed by atoms with Crippen LogP contribution in [-0.4, -0.2) is 43.0 Å². The number of morpholine rings is 1. The number of hydrogen-bond acceptors (Lipinski definition) is 4. The lowest BCUT2D eigenvalue weighted by Crippen LogP contribution is -2.36. The molecule has 6 heteroatoms. The fourth-order valence-electron chi connectivity index (χ4n) is 3.43. The first kappa shape index (κ1) is 19.0. The van der Waals surface area contributed by atoms with E-state index in [1.807, 2.05) is 53.4 Å². The third-order valence-electron chi connectivity index (χ3n) is 5.03. The number of hydrazone groups is 1. The maximum atomic E-state index is 12.6. The summed E-state index contributed by atoms with van der Waals surface area (Å²) < 4.78 is 7.32. The van der Waals surface area contributed by atoms with E-state index in [1.165, 1.54) is 5.69 Å². The number of nitrogens with one attached hydrogen (secondary N) is 1. The van der Waals surface area contributed by atoms with Crippen LogP contribution < -0.4 is 10.3 Å². The van der Waals surface area contributed by atoms with Crippen LogP contribution >= 0.6 is 0 Å². The Bertz CT molecular complexity index is 1010. The number of aryl methyl sites for hydroxylation is 1. The Morgan fingerprint density at radius 2 is 1.83 bits per heavy atom. The van der Waals surface area contributed by atoms with E-state index < -0.39 is 0 Å². The minimum Gasteiger partial charge on any atom is -0.378 e. The summed E-state index contributed by atoms with van der Waals surface area (Å²) in [6.45, 7) is 5.39. The molecule has 1 aliphatic rings. The molecule has 0 saturated carbocycles. The molecular formula is C23H24N4O2. The first-order valence-electron chi connectivity index (χ1n) is 9.71. The van der Waals surface area contributed by atoms with Crippen molar-refractivity contribution < 1.29 is 9.53 Å². The van der Waals surface area contributed by atoms with Gasteiger partial charge in [0.1, 0.15) is 0 Å². The standard InChI is InChI=1S/C23H24N4O2/c1-18-16-20(26-12-14-29-15-13-26)9-8-19(18)17-24-25-23(28)21-6-2-3-7-22(21)27-10-4-5-11-27/h2-11,16-17H,12-15H2,1H3,(H,25,28)/b24-17-. The molecule has 0 spiro atoms. The van der Waals surface area contributed by atoms with E-state index in [0.717, 1.165) is 43.1 Å². The highest BCUT2D eigenvalue weighted by atomic mass is 16.5. The number of amides is 1. The zero-order valence-corrected chi connectivity index (χ0v) is 16.4. The van der Waals surface area contributed by atoms with Gasteiger partial charge in [0.25, 0.3) is 5.91 Å². The molecule has 148 valence electrons. The van der Waals surface area contributed by atoms with E-state index in [1.54, 1.807) is 12.3 Å². The van der Waals surface area contributed by atoms with Crippen molar-refractivity contribution in [3.63, 3.8) is 0 Å². The summed E-state index contributed by atoms with van der Waals surface area (Å²) in [5, 5.41) is 4.18. The van der Waals surface area contributed by atoms with Crippen LogP contribution in [0.25, 0.3) is 5.69 Å². The van der Waals surface area contributed by atoms with Gasteiger partial charge in [-0.3, -0.25) is 4.79 Å². The second-order valence-corrected chi connectivity index (χ2v) is 6.95. The highest BCUT2D eigenvalue weighted by molar-refractivity contribution is 5.98. The number of nitrogens with zero attached hydrogens (tertiary/aromatic N) is 3. The first-order chi connectivity index (χ1) is 14.2. The van der Waals surface area contributed by atoms with Gasteiger partial charge in [-0.1, -0.05) is 18.2 Å². The molecule has 1 aliphatic heterocycles. The molecule has 6 nitrogen and oxygen atoms in total. The molecule has 3 aromatic rings. The summed E-state index contributed by atoms with van der Waals surface area (Å²) in [6, 6.07) is 17.6. The summed E-state index contributed by atoms with van der Waals surface area (Å²) in [7, 11) is 0. The van der Waals surface area contributed by atoms with Crippen LogP contribution in [0.5, 0.6) is 0 Å². The molecule has 4 rings (SSSR count). The number of carbonyl (C=O) groups is 1. The van der Waals surface area contributed by atoms with Gasteiger partial charge in [-0.25, -0.2) is 5.43 Å². The van der Waals surface area contributed by atoms with Gasteiger partial charge >= 0.3 is 0 Å². The smallest absolute Gasteiger partial charge is 0.273 e. The van der Waals surface area contributed by atoms with Crippen LogP contribution in [0.3, 0.4) is 0 Å². The summed E-state index contributed by atoms with van der Waals surface area (Å²) >= 11 is 0. The molecule has 1 amide bonds. The minimum absolute atomic E-state index is 0.242. The lowest BCUT2D eigenvalue weighted by Gasteiger charge is -2.29. The maximum Gasteiger partial charge on any atom is 0.273 e. The highest BCUT2D eigenvalue weighted by Crippen LogP contribution is 2.19. The number of para-hydroxylation sites is 1. The zero-order chi connectivity index (χ0) is 20.1. The van der Waals surface area contributed by atoms with Crippen molar-refractivity contribution in [1.82, 2.24) is 9.99 Å². The molecule has 1 fully saturated rings. The third kappa shape index (κ3) is 4.38. The lowest BCUT2D eigenvalue weighted by molar-refractivity contribution is 0.0955. The SMILES string of the molecule is Cc1cc(N2CCOCC2)ccc1/C=N\NC(=O)c1ccccc1-n1cccc1. The number of rotatable bonds is 5. The molecule has 0 atom stereocenters. The fraction of sp³-hybridized carbons (Fsp3) is 0.217. The van der Waals surface area contributed by atoms with Crippen molar-refractivity contribution in [2.75, 3.05) is 31.2 Å². The van der Waals surface area contributed by atoms with Gasteiger partial charge < -0.3 is 14.2 Å². The number of carbonyl (C=O) groups excluding carboxylic acids is 1. The summed E-state index contributed by atoms with van der Waals surface area (Å²) in [4.78, 5) is 15.0. The molecular weight excluding hydrogens is 364 g/mol. The van der Waals surface area contributed by atoms with Crippen LogP contribution in [0.4, 0.5) is 5.69 Å². The van der Waals surface area contributed by atoms with Gasteiger partial charge in [0.05, 0.1) is 30.7 Å². The summed E-state index contributed by atoms with van der Waals surface area (Å²) in [5.41, 5.74) is 7.30. The summed E-state index contributed by atoms with van der Waals surface area (Å²) in [5.74, 6) is -0.242. The Balaban J connectivity index is 1.45. The Hall–Kier alpha value is -3.38. The predicted molar refractivity (Wildman–Crippen MR) is 115 cm³/mol. The molecule has 1 saturated heterocycles. The van der Waals surface area contributed by atoms with Gasteiger partial charge in [0, 0.05) is 31.2 Å². The van der Waals surface area contributed by atoms with Gasteiger partial charge in [-0.05, 0) is 54.4 Å². The van der Waals surface area contributed by atoms with E-state index in [9.17, 15) is 4.79 Å². The van der Waals surface area contributed by atoms with Crippen molar-refractivity contribution >= 4 is 17.8 Å². The Morgan fingerprint density at radius 3 is 2.59 bits per heavy atom. The lowest BCUT2D eigenvalue weighted by atomic mass is 10.1. The quantitative estimate of drug-likeness (QED) is 0.538. The van der Waals surface area contributed by atoms with Gasteiger partial charge in [-0.15, -0.1) is 0 Å². The highest BCUT2D eigenvalue weighted by Gasteiger charge is 2.13. The van der Waals surface area contributed by atoms with Crippen molar-refractivity contribution in [1.29, 1.82) is 0 Å². The topological polar surface area (TPSA) is 58.9 Å². The Labute approximate surface area is 170 Å². The second-order valence-electron chi connectivity index (χ2n) is 6.95. The van der Waals surface area contributed by atoms with Crippen LogP contribution in [0.1, 0.15) is 21.5 Å². The first-order valence-corrected chi connectivity index (χ1v) is 9.71. The van der Waals surface area contributed by atoms with Crippen molar-refractivity contribution in [3.8, 4) is 5.69 Å². The van der Waals surface area contributed by atoms with Crippen molar-refractivity contribution in [2.24, 2.45) is 5.10 Å². The molecule has 2 aromatic carbocycles. The molecule has 2 heterocycles. The predicted octanol–water partition coefficient (Wildman–Crippen LogP) is 3.39. The second kappa shape index (κ2) is 8.75. The monoisotopic (exact) mass is 388 g/mol. The van der Waals surface area contributed by atoms with Crippen molar-refractivity contribution in [3.05, 3.63) is 83.7 Å². The number of anilines is 1. The van der Waals surface area contributed by atoms with Gasteiger partial charge in [0.15, 0.2) is 0 Å². The largest absolute Gasteiger partial charge is 0.378 e. The molecule has 0 unspecified atom stereocenters. The average Bonchev–Trinajstić information content (AvgIpc) is 3.30. The maximum absolute atomic E-state index is 12.6. The van der Waals surface area contributed by atoms with Crippen LogP contribution in [0.15, 0.2) is 72.1 Å².